The van der Waals surface area contributed by atoms with Crippen molar-refractivity contribution in [3.05, 3.63) is 0 Å². The van der Waals surface area contributed by atoms with Crippen molar-refractivity contribution in [1.29, 1.82) is 0 Å². The number of aliphatic hydroxyl groups is 1. The maximum Gasteiger partial charge on any atom is 0.191 e. The van der Waals surface area contributed by atoms with Crippen LogP contribution in [0.2, 0.25) is 18.1 Å². The van der Waals surface area contributed by atoms with Gasteiger partial charge in [-0.2, -0.15) is 0 Å². The number of hydrogen-bond acceptors (Lipinski definition) is 2. The molecule has 15 heavy (non-hydrogen) atoms. The summed E-state index contributed by atoms with van der Waals surface area (Å²) in [5.41, 5.74) is 0. The van der Waals surface area contributed by atoms with Crippen LogP contribution in [0.1, 0.15) is 47.0 Å². The molecular weight excluding hydrogens is 204 g/mol. The normalized spacial score (nSPS) is 15.4. The third kappa shape index (κ3) is 6.33. The van der Waals surface area contributed by atoms with Crippen molar-refractivity contribution in [3.63, 3.8) is 0 Å². The third-order valence-corrected chi connectivity index (χ3v) is 7.82. The Bertz CT molecular complexity index is 171. The van der Waals surface area contributed by atoms with E-state index in [2.05, 4.69) is 33.9 Å². The third-order valence-electron chi connectivity index (χ3n) is 3.29. The van der Waals surface area contributed by atoms with Gasteiger partial charge in [-0.05, 0) is 44.3 Å². The number of hydrogen-bond donors (Lipinski definition) is 1. The van der Waals surface area contributed by atoms with Crippen LogP contribution in [0.4, 0.5) is 0 Å². The van der Waals surface area contributed by atoms with Crippen molar-refractivity contribution in [1.82, 2.24) is 0 Å². The molecule has 0 aromatic rings. The van der Waals surface area contributed by atoms with Crippen LogP contribution in [0.5, 0.6) is 0 Å². The van der Waals surface area contributed by atoms with Gasteiger partial charge in [0.2, 0.25) is 0 Å². The molecule has 0 bridgehead atoms. The molecule has 0 spiro atoms. The number of unbranched alkanes of at least 4 members (excludes halogenated alkanes) is 1. The SMILES string of the molecule is CC(O)CCCCO[Si](C)(C)C(C)(C)C. The highest BCUT2D eigenvalue weighted by atomic mass is 28.4. The first-order valence-electron chi connectivity index (χ1n) is 5.99. The molecule has 1 atom stereocenters. The molecule has 1 unspecified atom stereocenters. The first-order valence-corrected chi connectivity index (χ1v) is 8.89. The highest BCUT2D eigenvalue weighted by Crippen LogP contribution is 2.36. The summed E-state index contributed by atoms with van der Waals surface area (Å²) < 4.78 is 6.03. The van der Waals surface area contributed by atoms with Gasteiger partial charge < -0.3 is 9.53 Å². The summed E-state index contributed by atoms with van der Waals surface area (Å²) in [4.78, 5) is 0. The first kappa shape index (κ1) is 15.1. The van der Waals surface area contributed by atoms with E-state index in [0.717, 1.165) is 25.9 Å². The first-order chi connectivity index (χ1) is 6.67. The minimum Gasteiger partial charge on any atom is -0.417 e. The van der Waals surface area contributed by atoms with Gasteiger partial charge in [0.1, 0.15) is 0 Å². The zero-order valence-corrected chi connectivity index (χ0v) is 12.3. The van der Waals surface area contributed by atoms with E-state index in [-0.39, 0.29) is 6.10 Å². The van der Waals surface area contributed by atoms with E-state index >= 15 is 0 Å². The van der Waals surface area contributed by atoms with Gasteiger partial charge in [0.25, 0.3) is 0 Å². The van der Waals surface area contributed by atoms with Crippen molar-refractivity contribution in [2.45, 2.75) is 71.2 Å². The summed E-state index contributed by atoms with van der Waals surface area (Å²) in [6, 6.07) is 0. The standard InChI is InChI=1S/C12H28O2Si/c1-11(13)9-7-8-10-14-15(5,6)12(2,3)4/h11,13H,7-10H2,1-6H3. The van der Waals surface area contributed by atoms with Gasteiger partial charge in [0.15, 0.2) is 8.32 Å². The molecule has 1 N–H and O–H groups in total. The molecule has 0 rings (SSSR count). The van der Waals surface area contributed by atoms with E-state index in [0.29, 0.717) is 5.04 Å². The second kappa shape index (κ2) is 6.02. The Hall–Kier alpha value is 0.137. The molecule has 3 heteroatoms. The monoisotopic (exact) mass is 232 g/mol. The molecule has 0 aromatic carbocycles. The lowest BCUT2D eigenvalue weighted by atomic mass is 10.2. The second-order valence-electron chi connectivity index (χ2n) is 5.95. The topological polar surface area (TPSA) is 29.5 Å². The Labute approximate surface area is 96.2 Å². The average Bonchev–Trinajstić information content (AvgIpc) is 2.00. The quantitative estimate of drug-likeness (QED) is 0.560. The molecule has 0 radical (unpaired) electrons. The van der Waals surface area contributed by atoms with E-state index in [9.17, 15) is 0 Å². The Morgan fingerprint density at radius 1 is 1.20 bits per heavy atom. The van der Waals surface area contributed by atoms with Crippen molar-refractivity contribution < 1.29 is 9.53 Å². The molecule has 0 fully saturated rings. The predicted octanol–water partition coefficient (Wildman–Crippen LogP) is 3.56. The van der Waals surface area contributed by atoms with Gasteiger partial charge in [-0.25, -0.2) is 0 Å². The summed E-state index contributed by atoms with van der Waals surface area (Å²) in [5.74, 6) is 0. The molecule has 0 aromatic heterocycles. The van der Waals surface area contributed by atoms with Crippen molar-refractivity contribution in [2.75, 3.05) is 6.61 Å². The van der Waals surface area contributed by atoms with Gasteiger partial charge in [-0.15, -0.1) is 0 Å². The second-order valence-corrected chi connectivity index (χ2v) is 10.8. The molecule has 92 valence electrons. The molecule has 0 saturated heterocycles. The summed E-state index contributed by atoms with van der Waals surface area (Å²) in [6.45, 7) is 14.0. The molecule has 0 aliphatic rings. The lowest BCUT2D eigenvalue weighted by Gasteiger charge is -2.36. The zero-order valence-electron chi connectivity index (χ0n) is 11.3. The highest BCUT2D eigenvalue weighted by Gasteiger charge is 2.36. The smallest absolute Gasteiger partial charge is 0.191 e. The summed E-state index contributed by atoms with van der Waals surface area (Å²) >= 11 is 0. The van der Waals surface area contributed by atoms with Crippen LogP contribution in [0, 0.1) is 0 Å². The highest BCUT2D eigenvalue weighted by molar-refractivity contribution is 6.74. The fourth-order valence-corrected chi connectivity index (χ4v) is 2.17. The van der Waals surface area contributed by atoms with Crippen LogP contribution in [0.15, 0.2) is 0 Å². The lowest BCUT2D eigenvalue weighted by Crippen LogP contribution is -2.40. The lowest BCUT2D eigenvalue weighted by molar-refractivity contribution is 0.176. The molecule has 0 saturated carbocycles. The Morgan fingerprint density at radius 3 is 2.13 bits per heavy atom. The fraction of sp³-hybridized carbons (Fsp3) is 1.00. The predicted molar refractivity (Wildman–Crippen MR) is 68.7 cm³/mol. The number of aliphatic hydroxyl groups excluding tert-OH is 1. The Morgan fingerprint density at radius 2 is 1.73 bits per heavy atom. The van der Waals surface area contributed by atoms with E-state index in [4.69, 9.17) is 9.53 Å². The van der Waals surface area contributed by atoms with Gasteiger partial charge >= 0.3 is 0 Å². The molecule has 2 nitrogen and oxygen atoms in total. The van der Waals surface area contributed by atoms with Crippen LogP contribution in [-0.2, 0) is 4.43 Å². The Balaban J connectivity index is 3.68. The van der Waals surface area contributed by atoms with Gasteiger partial charge in [-0.3, -0.25) is 0 Å². The van der Waals surface area contributed by atoms with Gasteiger partial charge in [0, 0.05) is 6.61 Å². The minimum absolute atomic E-state index is 0.169. The zero-order chi connectivity index (χ0) is 12.1. The summed E-state index contributed by atoms with van der Waals surface area (Å²) in [6.07, 6.45) is 2.85. The molecule has 0 aliphatic heterocycles. The van der Waals surface area contributed by atoms with E-state index in [1.54, 1.807) is 0 Å². The van der Waals surface area contributed by atoms with Crippen LogP contribution >= 0.6 is 0 Å². The van der Waals surface area contributed by atoms with Crippen LogP contribution < -0.4 is 0 Å². The van der Waals surface area contributed by atoms with Crippen molar-refractivity contribution in [2.24, 2.45) is 0 Å². The van der Waals surface area contributed by atoms with E-state index in [1.807, 2.05) is 6.92 Å². The maximum atomic E-state index is 9.11. The maximum absolute atomic E-state index is 9.11. The summed E-state index contributed by atoms with van der Waals surface area (Å²) in [5, 5.41) is 9.41. The molecule has 0 aliphatic carbocycles. The van der Waals surface area contributed by atoms with Crippen LogP contribution in [0.25, 0.3) is 0 Å². The summed E-state index contributed by atoms with van der Waals surface area (Å²) in [7, 11) is -1.54. The molecule has 0 amide bonds. The largest absolute Gasteiger partial charge is 0.417 e. The van der Waals surface area contributed by atoms with Gasteiger partial charge in [-0.1, -0.05) is 20.8 Å². The fourth-order valence-electron chi connectivity index (χ4n) is 1.09. The number of rotatable bonds is 6. The molecular formula is C12H28O2Si. The van der Waals surface area contributed by atoms with Crippen LogP contribution in [0.3, 0.4) is 0 Å². The minimum atomic E-state index is -1.54. The van der Waals surface area contributed by atoms with E-state index in [1.165, 1.54) is 0 Å². The van der Waals surface area contributed by atoms with Crippen molar-refractivity contribution in [3.8, 4) is 0 Å². The van der Waals surface area contributed by atoms with E-state index < -0.39 is 8.32 Å². The van der Waals surface area contributed by atoms with Gasteiger partial charge in [0.05, 0.1) is 6.10 Å². The molecule has 0 heterocycles. The van der Waals surface area contributed by atoms with Crippen molar-refractivity contribution >= 4 is 8.32 Å². The Kier molecular flexibility index (Phi) is 6.07. The van der Waals surface area contributed by atoms with Crippen LogP contribution in [-0.4, -0.2) is 26.1 Å². The average molecular weight is 232 g/mol.